The highest BCUT2D eigenvalue weighted by atomic mass is 35.5. The number of carbonyl (C=O) groups excluding carboxylic acids is 2. The highest BCUT2D eigenvalue weighted by molar-refractivity contribution is 6.37. The summed E-state index contributed by atoms with van der Waals surface area (Å²) in [6, 6.07) is 17.2. The first-order valence-electron chi connectivity index (χ1n) is 11.1. The van der Waals surface area contributed by atoms with Crippen molar-refractivity contribution in [1.29, 1.82) is 0 Å². The number of ether oxygens (including phenoxy) is 2. The smallest absolute Gasteiger partial charge is 0.261 e. The molecule has 0 bridgehead atoms. The summed E-state index contributed by atoms with van der Waals surface area (Å²) in [6.45, 7) is 1.73. The standard InChI is InChI=1S/C17H13Cl2NO3.C9H11Cl2NO/c18-13-7-3-8-14(19)15(13)23-10-4-9-20-16(21)11-5-1-2-6-12(11)17(20)22;10-7-3-1-4-8(11)9(7)13-6-2-5-12/h1-3,5-8H,4,9-10H2;1,3-4H,2,5-6,12H2. The van der Waals surface area contributed by atoms with Crippen LogP contribution in [-0.4, -0.2) is 43.0 Å². The van der Waals surface area contributed by atoms with Crippen molar-refractivity contribution >= 4 is 58.2 Å². The first-order chi connectivity index (χ1) is 17.3. The van der Waals surface area contributed by atoms with Crippen molar-refractivity contribution in [3.05, 3.63) is 91.9 Å². The Morgan fingerprint density at radius 2 is 1.06 bits per heavy atom. The van der Waals surface area contributed by atoms with Gasteiger partial charge in [0.2, 0.25) is 0 Å². The summed E-state index contributed by atoms with van der Waals surface area (Å²) in [7, 11) is 0. The molecule has 4 rings (SSSR count). The Bertz CT molecular complexity index is 1150. The van der Waals surface area contributed by atoms with Gasteiger partial charge in [-0.2, -0.15) is 0 Å². The highest BCUT2D eigenvalue weighted by Crippen LogP contribution is 2.33. The zero-order valence-electron chi connectivity index (χ0n) is 19.2. The number of rotatable bonds is 9. The molecule has 1 aliphatic rings. The Hall–Kier alpha value is -2.48. The maximum atomic E-state index is 12.2. The molecule has 3 aromatic carbocycles. The van der Waals surface area contributed by atoms with Crippen LogP contribution in [0.3, 0.4) is 0 Å². The van der Waals surface area contributed by atoms with Crippen molar-refractivity contribution in [1.82, 2.24) is 4.90 Å². The summed E-state index contributed by atoms with van der Waals surface area (Å²) in [5, 5.41) is 1.92. The number of nitrogens with zero attached hydrogens (tertiary/aromatic N) is 1. The van der Waals surface area contributed by atoms with Crippen molar-refractivity contribution in [3.63, 3.8) is 0 Å². The lowest BCUT2D eigenvalue weighted by Gasteiger charge is -2.14. The van der Waals surface area contributed by atoms with E-state index in [9.17, 15) is 9.59 Å². The Morgan fingerprint density at radius 1 is 0.639 bits per heavy atom. The van der Waals surface area contributed by atoms with Gasteiger partial charge in [-0.25, -0.2) is 0 Å². The number of hydrogen-bond donors (Lipinski definition) is 1. The molecule has 1 aliphatic heterocycles. The normalized spacial score (nSPS) is 12.2. The highest BCUT2D eigenvalue weighted by Gasteiger charge is 2.34. The van der Waals surface area contributed by atoms with E-state index in [2.05, 4.69) is 0 Å². The summed E-state index contributed by atoms with van der Waals surface area (Å²) >= 11 is 23.8. The number of para-hydroxylation sites is 2. The van der Waals surface area contributed by atoms with E-state index >= 15 is 0 Å². The van der Waals surface area contributed by atoms with Crippen LogP contribution in [0.25, 0.3) is 0 Å². The number of benzene rings is 3. The van der Waals surface area contributed by atoms with Crippen LogP contribution in [0.4, 0.5) is 0 Å². The van der Waals surface area contributed by atoms with Crippen molar-refractivity contribution in [2.24, 2.45) is 5.73 Å². The van der Waals surface area contributed by atoms with E-state index in [1.165, 1.54) is 4.90 Å². The van der Waals surface area contributed by atoms with E-state index in [0.717, 1.165) is 6.42 Å². The summed E-state index contributed by atoms with van der Waals surface area (Å²) in [4.78, 5) is 25.6. The van der Waals surface area contributed by atoms with Gasteiger partial charge in [0.05, 0.1) is 44.4 Å². The van der Waals surface area contributed by atoms with Crippen LogP contribution in [0.2, 0.25) is 20.1 Å². The minimum atomic E-state index is -0.263. The van der Waals surface area contributed by atoms with E-state index in [1.807, 2.05) is 0 Å². The van der Waals surface area contributed by atoms with E-state index in [0.29, 0.717) is 68.9 Å². The van der Waals surface area contributed by atoms with Gasteiger partial charge in [-0.05, 0) is 55.8 Å². The van der Waals surface area contributed by atoms with Gasteiger partial charge >= 0.3 is 0 Å². The average molecular weight is 570 g/mol. The van der Waals surface area contributed by atoms with Crippen LogP contribution in [0.1, 0.15) is 33.6 Å². The first-order valence-corrected chi connectivity index (χ1v) is 12.6. The van der Waals surface area contributed by atoms with Gasteiger partial charge in [-0.15, -0.1) is 0 Å². The lowest BCUT2D eigenvalue weighted by Crippen LogP contribution is -2.31. The molecule has 0 aromatic heterocycles. The zero-order valence-corrected chi connectivity index (χ0v) is 22.2. The SMILES string of the molecule is NCCCOc1c(Cl)cccc1Cl.O=C1c2ccccc2C(=O)N1CCCOc1c(Cl)cccc1Cl. The van der Waals surface area contributed by atoms with Crippen LogP contribution in [0.15, 0.2) is 60.7 Å². The molecule has 0 saturated carbocycles. The van der Waals surface area contributed by atoms with Crippen molar-refractivity contribution in [2.45, 2.75) is 12.8 Å². The van der Waals surface area contributed by atoms with Gasteiger partial charge in [0.25, 0.3) is 11.8 Å². The lowest BCUT2D eigenvalue weighted by molar-refractivity contribution is 0.0646. The van der Waals surface area contributed by atoms with Crippen LogP contribution < -0.4 is 15.2 Å². The molecule has 6 nitrogen and oxygen atoms in total. The second-order valence-electron chi connectivity index (χ2n) is 7.60. The molecule has 0 fully saturated rings. The predicted octanol–water partition coefficient (Wildman–Crippen LogP) is 6.78. The Labute approximate surface area is 229 Å². The number of amides is 2. The Balaban J connectivity index is 0.000000236. The zero-order chi connectivity index (χ0) is 26.1. The van der Waals surface area contributed by atoms with Crippen molar-refractivity contribution in [2.75, 3.05) is 26.3 Å². The van der Waals surface area contributed by atoms with E-state index in [1.54, 1.807) is 60.7 Å². The van der Waals surface area contributed by atoms with Crippen LogP contribution in [-0.2, 0) is 0 Å². The Morgan fingerprint density at radius 3 is 1.47 bits per heavy atom. The number of carbonyl (C=O) groups is 2. The maximum absolute atomic E-state index is 12.2. The maximum Gasteiger partial charge on any atom is 0.261 e. The molecule has 10 heteroatoms. The summed E-state index contributed by atoms with van der Waals surface area (Å²) in [5.74, 6) is 0.431. The van der Waals surface area contributed by atoms with E-state index in [-0.39, 0.29) is 18.4 Å². The molecular weight excluding hydrogens is 546 g/mol. The predicted molar refractivity (Wildman–Crippen MR) is 144 cm³/mol. The molecule has 0 unspecified atom stereocenters. The van der Waals surface area contributed by atoms with Gasteiger partial charge < -0.3 is 15.2 Å². The van der Waals surface area contributed by atoms with Crippen LogP contribution >= 0.6 is 46.4 Å². The van der Waals surface area contributed by atoms with Gasteiger partial charge in [-0.3, -0.25) is 14.5 Å². The third kappa shape index (κ3) is 7.05. The first kappa shape index (κ1) is 28.1. The molecular formula is C26H24Cl4N2O4. The number of imide groups is 1. The van der Waals surface area contributed by atoms with Crippen LogP contribution in [0.5, 0.6) is 11.5 Å². The van der Waals surface area contributed by atoms with Crippen molar-refractivity contribution in [3.8, 4) is 11.5 Å². The number of hydrogen-bond acceptors (Lipinski definition) is 5. The van der Waals surface area contributed by atoms with Gasteiger partial charge in [-0.1, -0.05) is 70.7 Å². The third-order valence-corrected chi connectivity index (χ3v) is 6.27. The molecule has 0 radical (unpaired) electrons. The minimum absolute atomic E-state index is 0.263. The summed E-state index contributed by atoms with van der Waals surface area (Å²) in [6.07, 6.45) is 1.29. The molecule has 36 heavy (non-hydrogen) atoms. The minimum Gasteiger partial charge on any atom is -0.490 e. The average Bonchev–Trinajstić information content (AvgIpc) is 3.10. The van der Waals surface area contributed by atoms with Crippen molar-refractivity contribution < 1.29 is 19.1 Å². The fourth-order valence-electron chi connectivity index (χ4n) is 3.34. The third-order valence-electron chi connectivity index (χ3n) is 5.08. The molecule has 0 spiro atoms. The Kier molecular flexibility index (Phi) is 10.7. The quantitative estimate of drug-likeness (QED) is 0.227. The molecule has 0 saturated heterocycles. The van der Waals surface area contributed by atoms with Gasteiger partial charge in [0.15, 0.2) is 11.5 Å². The molecule has 2 amide bonds. The molecule has 0 aliphatic carbocycles. The second kappa shape index (κ2) is 13.7. The van der Waals surface area contributed by atoms with Gasteiger partial charge in [0, 0.05) is 6.54 Å². The number of nitrogens with two attached hydrogens (primary N) is 1. The number of fused-ring (bicyclic) bond motifs is 1. The fourth-order valence-corrected chi connectivity index (χ4v) is 4.35. The van der Waals surface area contributed by atoms with Gasteiger partial charge in [0.1, 0.15) is 0 Å². The summed E-state index contributed by atoms with van der Waals surface area (Å²) < 4.78 is 10.9. The monoisotopic (exact) mass is 568 g/mol. The van der Waals surface area contributed by atoms with Crippen LogP contribution in [0, 0.1) is 0 Å². The lowest BCUT2D eigenvalue weighted by atomic mass is 10.1. The second-order valence-corrected chi connectivity index (χ2v) is 9.23. The topological polar surface area (TPSA) is 81.9 Å². The van der Waals surface area contributed by atoms with E-state index in [4.69, 9.17) is 61.6 Å². The molecule has 1 heterocycles. The summed E-state index contributed by atoms with van der Waals surface area (Å²) in [5.41, 5.74) is 6.23. The molecule has 3 aromatic rings. The largest absolute Gasteiger partial charge is 0.490 e. The molecule has 0 atom stereocenters. The number of halogens is 4. The van der Waals surface area contributed by atoms with E-state index < -0.39 is 0 Å². The molecule has 190 valence electrons. The fraction of sp³-hybridized carbons (Fsp3) is 0.231. The molecule has 2 N–H and O–H groups in total.